The normalized spacial score (nSPS) is 25.4. The van der Waals surface area contributed by atoms with Crippen molar-refractivity contribution < 1.29 is 9.13 Å². The summed E-state index contributed by atoms with van der Waals surface area (Å²) in [6, 6.07) is 4.94. The van der Waals surface area contributed by atoms with Crippen molar-refractivity contribution >= 4 is 0 Å². The van der Waals surface area contributed by atoms with Crippen LogP contribution in [-0.2, 0) is 0 Å². The van der Waals surface area contributed by atoms with E-state index in [0.29, 0.717) is 5.92 Å². The Labute approximate surface area is 95.8 Å². The zero-order chi connectivity index (χ0) is 11.5. The Kier molecular flexibility index (Phi) is 3.44. The average Bonchev–Trinajstić information content (AvgIpc) is 2.30. The van der Waals surface area contributed by atoms with E-state index in [2.05, 4.69) is 12.2 Å². The molecule has 0 saturated carbocycles. The van der Waals surface area contributed by atoms with Gasteiger partial charge in [0.15, 0.2) is 0 Å². The molecule has 1 aliphatic rings. The number of rotatable bonds is 2. The molecule has 0 aromatic heterocycles. The van der Waals surface area contributed by atoms with Crippen molar-refractivity contribution in [2.75, 3.05) is 13.7 Å². The minimum atomic E-state index is -0.198. The van der Waals surface area contributed by atoms with Crippen LogP contribution < -0.4 is 10.1 Å². The molecule has 1 heterocycles. The fourth-order valence-electron chi connectivity index (χ4n) is 2.24. The molecule has 2 rings (SSSR count). The SMILES string of the molecule is COc1ccc(F)cc1C1CCC(C)CN1. The molecule has 1 aromatic rings. The Bertz CT molecular complexity index is 359. The highest BCUT2D eigenvalue weighted by Crippen LogP contribution is 2.32. The molecule has 0 bridgehead atoms. The molecule has 0 spiro atoms. The average molecular weight is 223 g/mol. The third-order valence-electron chi connectivity index (χ3n) is 3.23. The highest BCUT2D eigenvalue weighted by atomic mass is 19.1. The molecule has 1 aliphatic heterocycles. The van der Waals surface area contributed by atoms with Crippen LogP contribution in [0.25, 0.3) is 0 Å². The van der Waals surface area contributed by atoms with Gasteiger partial charge in [-0.05, 0) is 43.5 Å². The maximum atomic E-state index is 13.2. The predicted octanol–water partition coefficient (Wildman–Crippen LogP) is 2.89. The van der Waals surface area contributed by atoms with Gasteiger partial charge in [-0.3, -0.25) is 0 Å². The molecule has 1 fully saturated rings. The molecule has 0 aliphatic carbocycles. The van der Waals surface area contributed by atoms with Crippen LogP contribution >= 0.6 is 0 Å². The van der Waals surface area contributed by atoms with Gasteiger partial charge in [0, 0.05) is 11.6 Å². The van der Waals surface area contributed by atoms with Crippen molar-refractivity contribution in [1.82, 2.24) is 5.32 Å². The summed E-state index contributed by atoms with van der Waals surface area (Å²) in [5, 5.41) is 3.44. The lowest BCUT2D eigenvalue weighted by atomic mass is 9.91. The van der Waals surface area contributed by atoms with Gasteiger partial charge in [-0.2, -0.15) is 0 Å². The lowest BCUT2D eigenvalue weighted by Crippen LogP contribution is -2.32. The Hall–Kier alpha value is -1.09. The van der Waals surface area contributed by atoms with Gasteiger partial charge in [-0.1, -0.05) is 6.92 Å². The Morgan fingerprint density at radius 3 is 2.81 bits per heavy atom. The molecular formula is C13H18FNO. The van der Waals surface area contributed by atoms with Gasteiger partial charge >= 0.3 is 0 Å². The molecule has 0 amide bonds. The van der Waals surface area contributed by atoms with E-state index in [4.69, 9.17) is 4.74 Å². The zero-order valence-electron chi connectivity index (χ0n) is 9.79. The third-order valence-corrected chi connectivity index (χ3v) is 3.23. The second-order valence-electron chi connectivity index (χ2n) is 4.53. The predicted molar refractivity (Wildman–Crippen MR) is 62.1 cm³/mol. The standard InChI is InChI=1S/C13H18FNO/c1-9-3-5-12(15-8-9)11-7-10(14)4-6-13(11)16-2/h4,6-7,9,12,15H,3,5,8H2,1-2H3. The Morgan fingerprint density at radius 2 is 2.19 bits per heavy atom. The molecule has 1 N–H and O–H groups in total. The summed E-state index contributed by atoms with van der Waals surface area (Å²) in [7, 11) is 1.63. The fourth-order valence-corrected chi connectivity index (χ4v) is 2.24. The number of hydrogen-bond donors (Lipinski definition) is 1. The first-order chi connectivity index (χ1) is 7.70. The molecule has 1 aromatic carbocycles. The van der Waals surface area contributed by atoms with E-state index in [0.717, 1.165) is 24.3 Å². The molecule has 2 unspecified atom stereocenters. The van der Waals surface area contributed by atoms with Crippen LogP contribution in [0.15, 0.2) is 18.2 Å². The number of hydrogen-bond acceptors (Lipinski definition) is 2. The first-order valence-electron chi connectivity index (χ1n) is 5.77. The van der Waals surface area contributed by atoms with Crippen LogP contribution in [0.2, 0.25) is 0 Å². The van der Waals surface area contributed by atoms with Crippen LogP contribution in [0.4, 0.5) is 4.39 Å². The topological polar surface area (TPSA) is 21.3 Å². The number of nitrogens with one attached hydrogen (secondary N) is 1. The Balaban J connectivity index is 2.21. The van der Waals surface area contributed by atoms with E-state index >= 15 is 0 Å². The fraction of sp³-hybridized carbons (Fsp3) is 0.538. The minimum absolute atomic E-state index is 0.198. The number of methoxy groups -OCH3 is 1. The maximum absolute atomic E-state index is 13.2. The molecule has 2 nitrogen and oxygen atoms in total. The summed E-state index contributed by atoms with van der Waals surface area (Å²) in [5.41, 5.74) is 0.939. The summed E-state index contributed by atoms with van der Waals surface area (Å²) in [6.45, 7) is 3.22. The van der Waals surface area contributed by atoms with Crippen LogP contribution in [0, 0.1) is 11.7 Å². The van der Waals surface area contributed by atoms with Gasteiger partial charge in [-0.25, -0.2) is 4.39 Å². The number of halogens is 1. The van der Waals surface area contributed by atoms with Crippen molar-refractivity contribution in [2.24, 2.45) is 5.92 Å². The molecule has 88 valence electrons. The molecule has 1 saturated heterocycles. The van der Waals surface area contributed by atoms with Crippen molar-refractivity contribution in [2.45, 2.75) is 25.8 Å². The maximum Gasteiger partial charge on any atom is 0.123 e. The van der Waals surface area contributed by atoms with Gasteiger partial charge < -0.3 is 10.1 Å². The van der Waals surface area contributed by atoms with Gasteiger partial charge in [0.1, 0.15) is 11.6 Å². The summed E-state index contributed by atoms with van der Waals surface area (Å²) in [6.07, 6.45) is 2.22. The summed E-state index contributed by atoms with van der Waals surface area (Å²) >= 11 is 0. The molecule has 0 radical (unpaired) electrons. The molecule has 16 heavy (non-hydrogen) atoms. The summed E-state index contributed by atoms with van der Waals surface area (Å²) < 4.78 is 18.5. The van der Waals surface area contributed by atoms with Gasteiger partial charge in [-0.15, -0.1) is 0 Å². The van der Waals surface area contributed by atoms with E-state index < -0.39 is 0 Å². The largest absolute Gasteiger partial charge is 0.496 e. The van der Waals surface area contributed by atoms with Crippen molar-refractivity contribution in [1.29, 1.82) is 0 Å². The van der Waals surface area contributed by atoms with E-state index in [1.54, 1.807) is 19.2 Å². The molecule has 2 atom stereocenters. The summed E-state index contributed by atoms with van der Waals surface area (Å²) in [5.74, 6) is 1.28. The lowest BCUT2D eigenvalue weighted by molar-refractivity contribution is 0.321. The van der Waals surface area contributed by atoms with Gasteiger partial charge in [0.05, 0.1) is 7.11 Å². The lowest BCUT2D eigenvalue weighted by Gasteiger charge is -2.29. The summed E-state index contributed by atoms with van der Waals surface area (Å²) in [4.78, 5) is 0. The van der Waals surface area contributed by atoms with Crippen LogP contribution in [0.3, 0.4) is 0 Å². The molecule has 3 heteroatoms. The second kappa shape index (κ2) is 4.83. The van der Waals surface area contributed by atoms with Crippen molar-refractivity contribution in [3.8, 4) is 5.75 Å². The van der Waals surface area contributed by atoms with E-state index in [1.807, 2.05) is 0 Å². The first kappa shape index (κ1) is 11.4. The van der Waals surface area contributed by atoms with Crippen LogP contribution in [-0.4, -0.2) is 13.7 Å². The minimum Gasteiger partial charge on any atom is -0.496 e. The van der Waals surface area contributed by atoms with E-state index in [1.165, 1.54) is 12.5 Å². The number of benzene rings is 1. The van der Waals surface area contributed by atoms with E-state index in [-0.39, 0.29) is 11.9 Å². The van der Waals surface area contributed by atoms with Crippen molar-refractivity contribution in [3.05, 3.63) is 29.6 Å². The van der Waals surface area contributed by atoms with Crippen LogP contribution in [0.5, 0.6) is 5.75 Å². The monoisotopic (exact) mass is 223 g/mol. The quantitative estimate of drug-likeness (QED) is 0.832. The number of piperidine rings is 1. The highest BCUT2D eigenvalue weighted by Gasteiger charge is 2.21. The molecular weight excluding hydrogens is 205 g/mol. The first-order valence-corrected chi connectivity index (χ1v) is 5.77. The van der Waals surface area contributed by atoms with E-state index in [9.17, 15) is 4.39 Å². The highest BCUT2D eigenvalue weighted by molar-refractivity contribution is 5.36. The Morgan fingerprint density at radius 1 is 1.38 bits per heavy atom. The van der Waals surface area contributed by atoms with Gasteiger partial charge in [0.25, 0.3) is 0 Å². The van der Waals surface area contributed by atoms with Crippen molar-refractivity contribution in [3.63, 3.8) is 0 Å². The number of ether oxygens (including phenoxy) is 1. The second-order valence-corrected chi connectivity index (χ2v) is 4.53. The zero-order valence-corrected chi connectivity index (χ0v) is 9.79. The van der Waals surface area contributed by atoms with Crippen LogP contribution in [0.1, 0.15) is 31.4 Å². The third kappa shape index (κ3) is 2.35. The smallest absolute Gasteiger partial charge is 0.123 e. The van der Waals surface area contributed by atoms with Gasteiger partial charge in [0.2, 0.25) is 0 Å².